The lowest BCUT2D eigenvalue weighted by molar-refractivity contribution is 0.138. The van der Waals surface area contributed by atoms with Crippen LogP contribution in [0, 0.1) is 24.1 Å². The summed E-state index contributed by atoms with van der Waals surface area (Å²) in [4.78, 5) is 12.8. The van der Waals surface area contributed by atoms with Gasteiger partial charge in [-0.15, -0.1) is 5.53 Å². The van der Waals surface area contributed by atoms with Gasteiger partial charge in [0.1, 0.15) is 11.9 Å². The molecule has 0 bridgehead atoms. The zero-order valence-electron chi connectivity index (χ0n) is 21.8. The van der Waals surface area contributed by atoms with E-state index in [4.69, 9.17) is 11.6 Å². The maximum atomic E-state index is 14.2. The van der Waals surface area contributed by atoms with Crippen LogP contribution in [0.25, 0.3) is 10.9 Å². The minimum atomic E-state index is -0.452. The van der Waals surface area contributed by atoms with Crippen LogP contribution in [0.2, 0.25) is 5.02 Å². The van der Waals surface area contributed by atoms with Gasteiger partial charge in [-0.2, -0.15) is 5.26 Å². The van der Waals surface area contributed by atoms with E-state index >= 15 is 0 Å². The Morgan fingerprint density at radius 3 is 2.62 bits per heavy atom. The van der Waals surface area contributed by atoms with Crippen LogP contribution in [0.5, 0.6) is 0 Å². The molecule has 198 valence electrons. The van der Waals surface area contributed by atoms with Crippen LogP contribution in [-0.4, -0.2) is 25.5 Å². The molecule has 9 nitrogen and oxygen atoms in total. The van der Waals surface area contributed by atoms with E-state index in [-0.39, 0.29) is 22.8 Å². The van der Waals surface area contributed by atoms with Gasteiger partial charge in [0.25, 0.3) is 0 Å². The van der Waals surface area contributed by atoms with Crippen LogP contribution in [0.4, 0.5) is 21.5 Å². The lowest BCUT2D eigenvalue weighted by Crippen LogP contribution is -2.47. The van der Waals surface area contributed by atoms with Crippen LogP contribution >= 0.6 is 11.6 Å². The second-order valence-corrected chi connectivity index (χ2v) is 10.6. The fourth-order valence-electron chi connectivity index (χ4n) is 4.17. The molecule has 0 fully saturated rings. The minimum Gasteiger partial charge on any atom is -0.373 e. The minimum absolute atomic E-state index is 0.162. The number of hydrazine groups is 2. The zero-order valence-corrected chi connectivity index (χ0v) is 22.6. The maximum Gasteiger partial charge on any atom is 0.146 e. The van der Waals surface area contributed by atoms with E-state index in [1.807, 2.05) is 29.4 Å². The highest BCUT2D eigenvalue weighted by atomic mass is 35.5. The van der Waals surface area contributed by atoms with Gasteiger partial charge in [0.05, 0.1) is 51.1 Å². The summed E-state index contributed by atoms with van der Waals surface area (Å²) in [5.41, 5.74) is 10.7. The van der Waals surface area contributed by atoms with Crippen molar-refractivity contribution in [2.24, 2.45) is 0 Å². The lowest BCUT2D eigenvalue weighted by Gasteiger charge is -2.30. The number of hydrogen-bond acceptors (Lipinski definition) is 9. The Morgan fingerprint density at radius 2 is 1.95 bits per heavy atom. The van der Waals surface area contributed by atoms with Gasteiger partial charge >= 0.3 is 0 Å². The van der Waals surface area contributed by atoms with E-state index in [0.29, 0.717) is 33.0 Å². The second-order valence-electron chi connectivity index (χ2n) is 10.2. The van der Waals surface area contributed by atoms with Crippen molar-refractivity contribution in [3.05, 3.63) is 94.7 Å². The average Bonchev–Trinajstić information content (AvgIpc) is 3.41. The van der Waals surface area contributed by atoms with Crippen LogP contribution in [0.15, 0.2) is 67.0 Å². The van der Waals surface area contributed by atoms with E-state index in [9.17, 15) is 9.65 Å². The van der Waals surface area contributed by atoms with Gasteiger partial charge in [0, 0.05) is 47.5 Å². The van der Waals surface area contributed by atoms with Gasteiger partial charge in [-0.05, 0) is 51.5 Å². The smallest absolute Gasteiger partial charge is 0.146 e. The van der Waals surface area contributed by atoms with Crippen molar-refractivity contribution in [1.29, 1.82) is 5.26 Å². The van der Waals surface area contributed by atoms with Gasteiger partial charge < -0.3 is 16.1 Å². The second kappa shape index (κ2) is 10.4. The maximum absolute atomic E-state index is 14.2. The summed E-state index contributed by atoms with van der Waals surface area (Å²) >= 11 is 6.70. The molecule has 4 heterocycles. The number of nitrogens with zero attached hydrogens (tertiary/aromatic N) is 5. The Labute approximate surface area is 230 Å². The predicted octanol–water partition coefficient (Wildman–Crippen LogP) is 5.86. The zero-order chi connectivity index (χ0) is 27.7. The van der Waals surface area contributed by atoms with Crippen molar-refractivity contribution in [2.45, 2.75) is 39.3 Å². The summed E-state index contributed by atoms with van der Waals surface area (Å²) in [5.74, 6) is -0.452. The van der Waals surface area contributed by atoms with Gasteiger partial charge in [-0.1, -0.05) is 17.7 Å². The molecular weight excluding hydrogens is 517 g/mol. The number of nitriles is 1. The monoisotopic (exact) mass is 543 g/mol. The lowest BCUT2D eigenvalue weighted by atomic mass is 10.0. The highest BCUT2D eigenvalue weighted by Gasteiger charge is 2.28. The van der Waals surface area contributed by atoms with Crippen LogP contribution in [-0.2, 0) is 0 Å². The first kappa shape index (κ1) is 26.2. The van der Waals surface area contributed by atoms with E-state index in [2.05, 4.69) is 63.4 Å². The molecule has 0 aliphatic carbocycles. The molecule has 0 amide bonds. The summed E-state index contributed by atoms with van der Waals surface area (Å²) in [5, 5.41) is 19.5. The third kappa shape index (κ3) is 5.41. The van der Waals surface area contributed by atoms with Gasteiger partial charge in [0.15, 0.2) is 0 Å². The fraction of sp³-hybridized carbons (Fsp3) is 0.214. The summed E-state index contributed by atoms with van der Waals surface area (Å²) in [7, 11) is 0. The van der Waals surface area contributed by atoms with Crippen molar-refractivity contribution in [2.75, 3.05) is 10.6 Å². The number of fused-ring (bicyclic) bond motifs is 1. The molecule has 0 saturated heterocycles. The Kier molecular flexibility index (Phi) is 6.95. The van der Waals surface area contributed by atoms with E-state index in [1.165, 1.54) is 18.5 Å². The third-order valence-electron chi connectivity index (χ3n) is 6.29. The first-order valence-electron chi connectivity index (χ1n) is 12.2. The average molecular weight is 544 g/mol. The van der Waals surface area contributed by atoms with Crippen molar-refractivity contribution < 1.29 is 4.39 Å². The first-order chi connectivity index (χ1) is 18.6. The highest BCUT2D eigenvalue weighted by molar-refractivity contribution is 6.36. The Morgan fingerprint density at radius 1 is 1.13 bits per heavy atom. The SMILES string of the molecule is Cc1ncc(Nc2c(C#N)cnc3c(Cl)cc(N[C@H](C4=CN(C(C)(C)C)NN4)c4cccnc4)cc23)cc1F. The number of nitrogens with one attached hydrogen (secondary N) is 4. The van der Waals surface area contributed by atoms with Crippen LogP contribution < -0.4 is 21.6 Å². The molecule has 1 atom stereocenters. The molecule has 1 aliphatic rings. The van der Waals surface area contributed by atoms with Crippen LogP contribution in [0.3, 0.4) is 0 Å². The molecule has 0 spiro atoms. The number of rotatable bonds is 6. The Balaban J connectivity index is 1.59. The van der Waals surface area contributed by atoms with Crippen molar-refractivity contribution >= 4 is 39.6 Å². The van der Waals surface area contributed by atoms with E-state index in [0.717, 1.165) is 11.3 Å². The standard InChI is InChI=1S/C28H27ClFN9/c1-16-23(30)10-20(14-33-16)36-25-18(11-31)13-34-27-21(25)8-19(9-22(27)29)35-26(17-6-5-7-32-12-17)24-15-39(38-37-24)28(2,3)4/h5-10,12-15,26,35,37-38H,1-4H3,(H,34,36)/t26-/m0/s1. The van der Waals surface area contributed by atoms with E-state index in [1.54, 1.807) is 25.4 Å². The Bertz CT molecular complexity index is 1610. The molecule has 11 heteroatoms. The number of aromatic nitrogens is 3. The number of benzene rings is 1. The number of anilines is 3. The van der Waals surface area contributed by atoms with Crippen molar-refractivity contribution in [3.63, 3.8) is 0 Å². The number of halogens is 2. The summed E-state index contributed by atoms with van der Waals surface area (Å²) in [6, 6.07) is 10.7. The summed E-state index contributed by atoms with van der Waals surface area (Å²) in [6.07, 6.45) is 8.48. The van der Waals surface area contributed by atoms with Gasteiger partial charge in [0.2, 0.25) is 0 Å². The summed E-state index contributed by atoms with van der Waals surface area (Å²) in [6.45, 7) is 7.88. The fourth-order valence-corrected chi connectivity index (χ4v) is 4.44. The normalized spacial score (nSPS) is 14.0. The van der Waals surface area contributed by atoms with Gasteiger partial charge in [-0.3, -0.25) is 20.0 Å². The molecule has 0 saturated carbocycles. The van der Waals surface area contributed by atoms with E-state index < -0.39 is 5.82 Å². The number of hydrogen-bond donors (Lipinski definition) is 4. The van der Waals surface area contributed by atoms with Gasteiger partial charge in [-0.25, -0.2) is 4.39 Å². The topological polar surface area (TPSA) is 114 Å². The molecule has 1 aliphatic heterocycles. The van der Waals surface area contributed by atoms with Crippen LogP contribution in [0.1, 0.15) is 43.6 Å². The molecule has 4 aromatic rings. The number of aryl methyl sites for hydroxylation is 1. The summed E-state index contributed by atoms with van der Waals surface area (Å²) < 4.78 is 14.2. The highest BCUT2D eigenvalue weighted by Crippen LogP contribution is 2.37. The molecule has 1 aromatic carbocycles. The molecule has 3 aromatic heterocycles. The van der Waals surface area contributed by atoms with Crippen molar-refractivity contribution in [3.8, 4) is 6.07 Å². The number of pyridine rings is 3. The molecule has 0 unspecified atom stereocenters. The Hall–Kier alpha value is -4.46. The molecular formula is C28H27ClFN9. The molecule has 0 radical (unpaired) electrons. The predicted molar refractivity (Wildman–Crippen MR) is 150 cm³/mol. The first-order valence-corrected chi connectivity index (χ1v) is 12.6. The molecule has 39 heavy (non-hydrogen) atoms. The molecule has 5 rings (SSSR count). The molecule has 4 N–H and O–H groups in total. The third-order valence-corrected chi connectivity index (χ3v) is 6.58. The quantitative estimate of drug-likeness (QED) is 0.237. The largest absolute Gasteiger partial charge is 0.373 e. The van der Waals surface area contributed by atoms with Crippen molar-refractivity contribution in [1.82, 2.24) is 30.9 Å².